The van der Waals surface area contributed by atoms with Gasteiger partial charge in [-0.15, -0.1) is 12.4 Å². The second kappa shape index (κ2) is 7.44. The van der Waals surface area contributed by atoms with Gasteiger partial charge < -0.3 is 9.47 Å². The number of ether oxygens (including phenoxy) is 2. The molecular weight excluding hydrogens is 362 g/mol. The summed E-state index contributed by atoms with van der Waals surface area (Å²) in [6.45, 7) is 5.22. The molecule has 3 heterocycles. The van der Waals surface area contributed by atoms with Crippen LogP contribution in [0.4, 0.5) is 4.79 Å². The number of pyridine rings is 1. The van der Waals surface area contributed by atoms with Crippen LogP contribution in [0.1, 0.15) is 20.8 Å². The zero-order chi connectivity index (χ0) is 18.0. The van der Waals surface area contributed by atoms with Gasteiger partial charge in [-0.2, -0.15) is 4.68 Å². The lowest BCUT2D eigenvalue weighted by molar-refractivity contribution is 0.0205. The van der Waals surface area contributed by atoms with Crippen molar-refractivity contribution >= 4 is 18.6 Å². The summed E-state index contributed by atoms with van der Waals surface area (Å²) in [5.41, 5.74) is -0.522. The van der Waals surface area contributed by atoms with E-state index in [9.17, 15) is 9.59 Å². The summed E-state index contributed by atoms with van der Waals surface area (Å²) in [4.78, 5) is 32.1. The van der Waals surface area contributed by atoms with Gasteiger partial charge in [0.05, 0.1) is 12.5 Å². The van der Waals surface area contributed by atoms with Crippen molar-refractivity contribution in [1.29, 1.82) is 0 Å². The standard InChI is InChI=1S/C16H17N5O4.ClH/c1-16(2,3)25-15(23)24-11-4-5-13(18-8-11)21-14(22)12(9-19-21)20-7-6-17-10-20;/h4-10,19H,1-3H3;1H. The van der Waals surface area contributed by atoms with Crippen LogP contribution in [0.15, 0.2) is 48.0 Å². The molecule has 10 heteroatoms. The third kappa shape index (κ3) is 4.31. The molecule has 3 rings (SSSR count). The Hall–Kier alpha value is -3.07. The molecule has 0 aliphatic rings. The van der Waals surface area contributed by atoms with Crippen molar-refractivity contribution in [1.82, 2.24) is 24.3 Å². The highest BCUT2D eigenvalue weighted by molar-refractivity contribution is 5.85. The molecule has 0 spiro atoms. The van der Waals surface area contributed by atoms with Crippen LogP contribution in [0.3, 0.4) is 0 Å². The molecule has 0 amide bonds. The zero-order valence-electron chi connectivity index (χ0n) is 14.4. The first kappa shape index (κ1) is 19.3. The maximum atomic E-state index is 12.4. The van der Waals surface area contributed by atoms with E-state index in [1.807, 2.05) is 0 Å². The van der Waals surface area contributed by atoms with E-state index in [4.69, 9.17) is 9.47 Å². The van der Waals surface area contributed by atoms with Crippen LogP contribution in [0.2, 0.25) is 0 Å². The van der Waals surface area contributed by atoms with E-state index in [0.29, 0.717) is 11.5 Å². The molecule has 0 saturated heterocycles. The summed E-state index contributed by atoms with van der Waals surface area (Å²) >= 11 is 0. The van der Waals surface area contributed by atoms with Gasteiger partial charge in [-0.25, -0.2) is 14.8 Å². The summed E-state index contributed by atoms with van der Waals surface area (Å²) < 4.78 is 13.0. The summed E-state index contributed by atoms with van der Waals surface area (Å²) in [7, 11) is 0. The number of nitrogens with one attached hydrogen (secondary N) is 1. The maximum absolute atomic E-state index is 12.4. The van der Waals surface area contributed by atoms with Crippen molar-refractivity contribution in [2.24, 2.45) is 0 Å². The van der Waals surface area contributed by atoms with Crippen LogP contribution >= 0.6 is 12.4 Å². The highest BCUT2D eigenvalue weighted by Crippen LogP contribution is 2.14. The number of carbonyl (C=O) groups excluding carboxylic acids is 1. The first-order valence-electron chi connectivity index (χ1n) is 7.49. The van der Waals surface area contributed by atoms with Crippen molar-refractivity contribution < 1.29 is 14.3 Å². The van der Waals surface area contributed by atoms with E-state index >= 15 is 0 Å². The Balaban J connectivity index is 0.00000243. The van der Waals surface area contributed by atoms with Crippen LogP contribution in [-0.2, 0) is 4.74 Å². The minimum absolute atomic E-state index is 0. The normalized spacial score (nSPS) is 10.9. The summed E-state index contributed by atoms with van der Waals surface area (Å²) in [6.07, 6.45) is 6.85. The molecule has 26 heavy (non-hydrogen) atoms. The van der Waals surface area contributed by atoms with Gasteiger partial charge in [-0.3, -0.25) is 14.5 Å². The van der Waals surface area contributed by atoms with Gasteiger partial charge in [0.1, 0.15) is 11.3 Å². The average Bonchev–Trinajstić information content (AvgIpc) is 3.15. The first-order valence-corrected chi connectivity index (χ1v) is 7.49. The molecule has 1 N–H and O–H groups in total. The Morgan fingerprint density at radius 3 is 2.62 bits per heavy atom. The van der Waals surface area contributed by atoms with Crippen LogP contribution in [0.25, 0.3) is 11.5 Å². The molecule has 3 aromatic heterocycles. The fraction of sp³-hybridized carbons (Fsp3) is 0.250. The number of carbonyl (C=O) groups is 1. The van der Waals surface area contributed by atoms with E-state index < -0.39 is 11.8 Å². The fourth-order valence-corrected chi connectivity index (χ4v) is 2.05. The second-order valence-corrected chi connectivity index (χ2v) is 6.19. The number of aromatic nitrogens is 5. The van der Waals surface area contributed by atoms with Crippen LogP contribution < -0.4 is 10.3 Å². The van der Waals surface area contributed by atoms with Gasteiger partial charge in [0.2, 0.25) is 0 Å². The Kier molecular flexibility index (Phi) is 5.51. The fourth-order valence-electron chi connectivity index (χ4n) is 2.05. The molecule has 0 aliphatic heterocycles. The third-order valence-corrected chi connectivity index (χ3v) is 3.08. The lowest BCUT2D eigenvalue weighted by atomic mass is 10.2. The molecule has 138 valence electrons. The number of hydrogen-bond donors (Lipinski definition) is 1. The van der Waals surface area contributed by atoms with E-state index in [1.165, 1.54) is 23.3 Å². The first-order chi connectivity index (χ1) is 11.8. The maximum Gasteiger partial charge on any atom is 0.514 e. The van der Waals surface area contributed by atoms with E-state index in [-0.39, 0.29) is 23.7 Å². The highest BCUT2D eigenvalue weighted by atomic mass is 35.5. The van der Waals surface area contributed by atoms with Crippen LogP contribution in [0.5, 0.6) is 5.75 Å². The topological polar surface area (TPSA) is 104 Å². The van der Waals surface area contributed by atoms with E-state index in [0.717, 1.165) is 0 Å². The van der Waals surface area contributed by atoms with Crippen molar-refractivity contribution in [3.05, 3.63) is 53.6 Å². The van der Waals surface area contributed by atoms with Crippen molar-refractivity contribution in [3.63, 3.8) is 0 Å². The van der Waals surface area contributed by atoms with Crippen molar-refractivity contribution in [3.8, 4) is 17.3 Å². The molecule has 0 radical (unpaired) electrons. The summed E-state index contributed by atoms with van der Waals surface area (Å²) in [5.74, 6) is 0.570. The summed E-state index contributed by atoms with van der Waals surface area (Å²) in [6, 6.07) is 3.08. The predicted molar refractivity (Wildman–Crippen MR) is 95.4 cm³/mol. The molecule has 0 aromatic carbocycles. The minimum Gasteiger partial charge on any atom is -0.428 e. The smallest absolute Gasteiger partial charge is 0.428 e. The van der Waals surface area contributed by atoms with Gasteiger partial charge in [0.15, 0.2) is 11.6 Å². The SMILES string of the molecule is CC(C)(C)OC(=O)Oc1ccc(-n2[nH]cc(-n3ccnc3)c2=O)nc1.Cl. The largest absolute Gasteiger partial charge is 0.514 e. The molecule has 0 atom stereocenters. The quantitative estimate of drug-likeness (QED) is 0.701. The van der Waals surface area contributed by atoms with E-state index in [2.05, 4.69) is 15.1 Å². The molecule has 0 fully saturated rings. The molecule has 0 aliphatic carbocycles. The van der Waals surface area contributed by atoms with Gasteiger partial charge in [0, 0.05) is 18.6 Å². The molecule has 0 saturated carbocycles. The molecule has 9 nitrogen and oxygen atoms in total. The van der Waals surface area contributed by atoms with Gasteiger partial charge in [0.25, 0.3) is 5.56 Å². The Bertz CT molecular complexity index is 923. The van der Waals surface area contributed by atoms with Gasteiger partial charge in [-0.05, 0) is 32.9 Å². The van der Waals surface area contributed by atoms with Gasteiger partial charge >= 0.3 is 6.16 Å². The lowest BCUT2D eigenvalue weighted by Gasteiger charge is -2.18. The molecule has 0 unspecified atom stereocenters. The summed E-state index contributed by atoms with van der Waals surface area (Å²) in [5, 5.41) is 2.83. The second-order valence-electron chi connectivity index (χ2n) is 6.19. The van der Waals surface area contributed by atoms with Crippen molar-refractivity contribution in [2.45, 2.75) is 26.4 Å². The number of H-pyrrole nitrogens is 1. The van der Waals surface area contributed by atoms with Gasteiger partial charge in [-0.1, -0.05) is 0 Å². The highest BCUT2D eigenvalue weighted by Gasteiger charge is 2.18. The molecule has 0 bridgehead atoms. The monoisotopic (exact) mass is 379 g/mol. The van der Waals surface area contributed by atoms with Crippen LogP contribution in [-0.4, -0.2) is 36.1 Å². The Labute approximate surface area is 155 Å². The average molecular weight is 380 g/mol. The number of nitrogens with zero attached hydrogens (tertiary/aromatic N) is 4. The minimum atomic E-state index is -0.818. The third-order valence-electron chi connectivity index (χ3n) is 3.08. The Morgan fingerprint density at radius 2 is 2.04 bits per heavy atom. The zero-order valence-corrected chi connectivity index (χ0v) is 15.2. The number of hydrogen-bond acceptors (Lipinski definition) is 6. The van der Waals surface area contributed by atoms with E-state index in [1.54, 1.807) is 50.0 Å². The van der Waals surface area contributed by atoms with Crippen molar-refractivity contribution in [2.75, 3.05) is 0 Å². The number of halogens is 1. The number of aromatic amines is 1. The Morgan fingerprint density at radius 1 is 1.27 bits per heavy atom. The van der Waals surface area contributed by atoms with Crippen LogP contribution in [0, 0.1) is 0 Å². The lowest BCUT2D eigenvalue weighted by Crippen LogP contribution is -2.26. The predicted octanol–water partition coefficient (Wildman–Crippen LogP) is 2.48. The number of imidazole rings is 1. The molecular formula is C16H18ClN5O4. The molecule has 3 aromatic rings. The number of rotatable bonds is 3.